The molecule has 20 heavy (non-hydrogen) atoms. The Hall–Kier alpha value is -1.59. The number of para-hydroxylation sites is 1. The third-order valence-electron chi connectivity index (χ3n) is 3.16. The topological polar surface area (TPSA) is 29.5 Å². The number of fused-ring (bicyclic) bond motifs is 1. The summed E-state index contributed by atoms with van der Waals surface area (Å²) in [7, 11) is 0. The van der Waals surface area contributed by atoms with Gasteiger partial charge in [-0.25, -0.2) is 8.78 Å². The van der Waals surface area contributed by atoms with Gasteiger partial charge in [0.1, 0.15) is 29.6 Å². The van der Waals surface area contributed by atoms with E-state index in [-0.39, 0.29) is 5.56 Å². The highest BCUT2D eigenvalue weighted by molar-refractivity contribution is 7.99. The molecule has 0 aliphatic carbocycles. The highest BCUT2D eigenvalue weighted by atomic mass is 32.2. The summed E-state index contributed by atoms with van der Waals surface area (Å²) in [5.41, 5.74) is 0.0522. The molecule has 1 aliphatic rings. The molecule has 0 bridgehead atoms. The first-order valence-electron chi connectivity index (χ1n) is 6.16. The molecule has 5 heteroatoms. The normalized spacial score (nSPS) is 19.1. The van der Waals surface area contributed by atoms with Crippen LogP contribution >= 0.6 is 11.8 Å². The lowest BCUT2D eigenvalue weighted by molar-refractivity contribution is 0.0433. The molecule has 0 fully saturated rings. The first-order chi connectivity index (χ1) is 9.65. The summed E-state index contributed by atoms with van der Waals surface area (Å²) in [6.45, 7) is 0. The molecule has 2 atom stereocenters. The highest BCUT2D eigenvalue weighted by Gasteiger charge is 2.29. The van der Waals surface area contributed by atoms with Crippen molar-refractivity contribution in [1.29, 1.82) is 0 Å². The summed E-state index contributed by atoms with van der Waals surface area (Å²) >= 11 is 1.55. The van der Waals surface area contributed by atoms with E-state index in [1.54, 1.807) is 11.8 Å². The molecule has 2 nitrogen and oxygen atoms in total. The number of halogens is 2. The highest BCUT2D eigenvalue weighted by Crippen LogP contribution is 2.38. The fourth-order valence-corrected chi connectivity index (χ4v) is 3.16. The average Bonchev–Trinajstić information content (AvgIpc) is 2.46. The number of hydrogen-bond donors (Lipinski definition) is 1. The van der Waals surface area contributed by atoms with E-state index in [2.05, 4.69) is 0 Å². The van der Waals surface area contributed by atoms with Gasteiger partial charge in [-0.3, -0.25) is 0 Å². The molecular weight excluding hydrogens is 282 g/mol. The van der Waals surface area contributed by atoms with Crippen molar-refractivity contribution in [3.8, 4) is 5.75 Å². The summed E-state index contributed by atoms with van der Waals surface area (Å²) in [5, 5.41) is 10.2. The third-order valence-corrected chi connectivity index (χ3v) is 4.31. The average molecular weight is 294 g/mol. The number of rotatable bonds is 2. The van der Waals surface area contributed by atoms with E-state index in [0.717, 1.165) is 17.0 Å². The Labute approximate surface area is 119 Å². The molecule has 2 unspecified atom stereocenters. The van der Waals surface area contributed by atoms with Gasteiger partial charge in [0.25, 0.3) is 0 Å². The Morgan fingerprint density at radius 1 is 1.20 bits per heavy atom. The molecule has 2 aromatic carbocycles. The van der Waals surface area contributed by atoms with Crippen LogP contribution in [0.15, 0.2) is 47.4 Å². The molecule has 2 aromatic rings. The number of ether oxygens (including phenoxy) is 1. The van der Waals surface area contributed by atoms with E-state index in [0.29, 0.717) is 11.5 Å². The van der Waals surface area contributed by atoms with E-state index in [4.69, 9.17) is 4.74 Å². The van der Waals surface area contributed by atoms with Crippen LogP contribution in [-0.4, -0.2) is 17.0 Å². The van der Waals surface area contributed by atoms with Gasteiger partial charge < -0.3 is 9.84 Å². The van der Waals surface area contributed by atoms with Gasteiger partial charge in [0.15, 0.2) is 0 Å². The van der Waals surface area contributed by atoms with Crippen molar-refractivity contribution in [2.24, 2.45) is 0 Å². The number of thioether (sulfide) groups is 1. The molecule has 0 spiro atoms. The van der Waals surface area contributed by atoms with E-state index in [9.17, 15) is 13.9 Å². The smallest absolute Gasteiger partial charge is 0.138 e. The van der Waals surface area contributed by atoms with Gasteiger partial charge >= 0.3 is 0 Å². The minimum absolute atomic E-state index is 0.0522. The van der Waals surface area contributed by atoms with Crippen LogP contribution in [0, 0.1) is 11.6 Å². The van der Waals surface area contributed by atoms with Gasteiger partial charge in [0.05, 0.1) is 0 Å². The second-order valence-electron chi connectivity index (χ2n) is 4.52. The van der Waals surface area contributed by atoms with E-state index >= 15 is 0 Å². The summed E-state index contributed by atoms with van der Waals surface area (Å²) in [6, 6.07) is 10.6. The van der Waals surface area contributed by atoms with Crippen LogP contribution in [0.3, 0.4) is 0 Å². The summed E-state index contributed by atoms with van der Waals surface area (Å²) in [4.78, 5) is 0.996. The molecule has 1 aliphatic heterocycles. The van der Waals surface area contributed by atoms with Crippen molar-refractivity contribution in [2.75, 3.05) is 5.75 Å². The molecule has 3 rings (SSSR count). The second kappa shape index (κ2) is 5.42. The quantitative estimate of drug-likeness (QED) is 0.918. The summed E-state index contributed by atoms with van der Waals surface area (Å²) in [6.07, 6.45) is -1.69. The van der Waals surface area contributed by atoms with E-state index in [1.807, 2.05) is 24.3 Å². The number of aliphatic hydroxyl groups excluding tert-OH is 1. The van der Waals surface area contributed by atoms with Gasteiger partial charge in [0, 0.05) is 22.3 Å². The lowest BCUT2D eigenvalue weighted by Gasteiger charge is -2.29. The Bertz CT molecular complexity index is 633. The van der Waals surface area contributed by atoms with Crippen molar-refractivity contribution >= 4 is 11.8 Å². The molecule has 0 saturated carbocycles. The molecule has 1 heterocycles. The molecule has 0 aromatic heterocycles. The van der Waals surface area contributed by atoms with Crippen LogP contribution in [0.2, 0.25) is 0 Å². The van der Waals surface area contributed by atoms with Gasteiger partial charge in [-0.2, -0.15) is 0 Å². The van der Waals surface area contributed by atoms with Crippen LogP contribution < -0.4 is 4.74 Å². The van der Waals surface area contributed by atoms with E-state index in [1.165, 1.54) is 6.07 Å². The maximum absolute atomic E-state index is 13.7. The van der Waals surface area contributed by atoms with Crippen LogP contribution in [0.25, 0.3) is 0 Å². The third kappa shape index (κ3) is 2.51. The van der Waals surface area contributed by atoms with Crippen molar-refractivity contribution in [1.82, 2.24) is 0 Å². The fourth-order valence-electron chi connectivity index (χ4n) is 2.13. The van der Waals surface area contributed by atoms with Gasteiger partial charge in [-0.1, -0.05) is 18.2 Å². The maximum Gasteiger partial charge on any atom is 0.138 e. The van der Waals surface area contributed by atoms with Crippen molar-refractivity contribution in [3.63, 3.8) is 0 Å². The molecule has 0 saturated heterocycles. The van der Waals surface area contributed by atoms with Gasteiger partial charge in [0.2, 0.25) is 0 Å². The van der Waals surface area contributed by atoms with Gasteiger partial charge in [-0.15, -0.1) is 11.8 Å². The zero-order chi connectivity index (χ0) is 14.1. The first-order valence-corrected chi connectivity index (χ1v) is 7.15. The Morgan fingerprint density at radius 2 is 2.00 bits per heavy atom. The Balaban J connectivity index is 1.84. The fraction of sp³-hybridized carbons (Fsp3) is 0.200. The van der Waals surface area contributed by atoms with Crippen molar-refractivity contribution in [3.05, 3.63) is 59.7 Å². The number of hydrogen-bond acceptors (Lipinski definition) is 3. The summed E-state index contributed by atoms with van der Waals surface area (Å²) in [5.74, 6) is -0.238. The number of benzene rings is 2. The zero-order valence-corrected chi connectivity index (χ0v) is 11.2. The first kappa shape index (κ1) is 13.4. The molecule has 1 N–H and O–H groups in total. The molecule has 0 radical (unpaired) electrons. The Morgan fingerprint density at radius 3 is 2.80 bits per heavy atom. The monoisotopic (exact) mass is 294 g/mol. The largest absolute Gasteiger partial charge is 0.485 e. The predicted octanol–water partition coefficient (Wildman–Crippen LogP) is 3.55. The predicted molar refractivity (Wildman–Crippen MR) is 72.9 cm³/mol. The second-order valence-corrected chi connectivity index (χ2v) is 5.59. The lowest BCUT2D eigenvalue weighted by Crippen LogP contribution is -2.30. The minimum atomic E-state index is -1.13. The minimum Gasteiger partial charge on any atom is -0.485 e. The standard InChI is InChI=1S/C15H12F2O2S/c16-9-5-6-10(11(17)7-9)15(18)13-8-20-14-4-2-1-3-12(14)19-13/h1-7,13,15,18H,8H2. The van der Waals surface area contributed by atoms with Crippen molar-refractivity contribution < 1.29 is 18.6 Å². The zero-order valence-electron chi connectivity index (χ0n) is 10.4. The van der Waals surface area contributed by atoms with Crippen LogP contribution in [0.1, 0.15) is 11.7 Å². The Kier molecular flexibility index (Phi) is 3.63. The van der Waals surface area contributed by atoms with Crippen LogP contribution in [0.4, 0.5) is 8.78 Å². The molecule has 0 amide bonds. The summed E-state index contributed by atoms with van der Waals surface area (Å²) < 4.78 is 32.3. The molecular formula is C15H12F2O2S. The SMILES string of the molecule is OC(c1ccc(F)cc1F)C1CSc2ccccc2O1. The van der Waals surface area contributed by atoms with Crippen LogP contribution in [-0.2, 0) is 0 Å². The van der Waals surface area contributed by atoms with Crippen LogP contribution in [0.5, 0.6) is 5.75 Å². The lowest BCUT2D eigenvalue weighted by atomic mass is 10.0. The molecule has 104 valence electrons. The van der Waals surface area contributed by atoms with Crippen molar-refractivity contribution in [2.45, 2.75) is 17.1 Å². The number of aliphatic hydroxyl groups is 1. The van der Waals surface area contributed by atoms with Gasteiger partial charge in [-0.05, 0) is 18.2 Å². The van der Waals surface area contributed by atoms with E-state index < -0.39 is 23.8 Å². The maximum atomic E-state index is 13.7.